The Labute approximate surface area is 106 Å². The number of ether oxygens (including phenoxy) is 1. The highest BCUT2D eigenvalue weighted by Crippen LogP contribution is 2.29. The van der Waals surface area contributed by atoms with Gasteiger partial charge in [0.15, 0.2) is 0 Å². The van der Waals surface area contributed by atoms with Crippen LogP contribution in [-0.4, -0.2) is 25.8 Å². The molecule has 0 aromatic carbocycles. The maximum Gasteiger partial charge on any atom is 0.141 e. The second-order valence-electron chi connectivity index (χ2n) is 5.14. The Morgan fingerprint density at radius 2 is 1.94 bits per heavy atom. The molecular weight excluding hydrogens is 212 g/mol. The Hall–Kier alpha value is -0.590. The first-order chi connectivity index (χ1) is 8.26. The highest BCUT2D eigenvalue weighted by atomic mass is 16.5. The van der Waals surface area contributed by atoms with Crippen molar-refractivity contribution in [3.63, 3.8) is 0 Å². The zero-order valence-electron chi connectivity index (χ0n) is 11.2. The summed E-state index contributed by atoms with van der Waals surface area (Å²) in [4.78, 5) is 0. The van der Waals surface area contributed by atoms with Crippen LogP contribution >= 0.6 is 0 Å². The molecule has 17 heavy (non-hydrogen) atoms. The highest BCUT2D eigenvalue weighted by molar-refractivity contribution is 4.79. The lowest BCUT2D eigenvalue weighted by Gasteiger charge is -2.27. The molecule has 0 radical (unpaired) electrons. The molecule has 1 atom stereocenters. The molecule has 0 saturated heterocycles. The van der Waals surface area contributed by atoms with Crippen molar-refractivity contribution in [3.8, 4) is 6.07 Å². The van der Waals surface area contributed by atoms with Gasteiger partial charge in [0.25, 0.3) is 0 Å². The van der Waals surface area contributed by atoms with Crippen LogP contribution in [0, 0.1) is 23.2 Å². The second-order valence-corrected chi connectivity index (χ2v) is 5.14. The summed E-state index contributed by atoms with van der Waals surface area (Å²) in [5.41, 5.74) is 0. The molecule has 0 spiro atoms. The standard InChI is InChI=1S/C14H26N2O/c1-3-13-4-6-14(7-5-13)11-16-8-9-17-12(2)10-15/h12-14,16H,3-9,11H2,1-2H3. The van der Waals surface area contributed by atoms with Crippen LogP contribution in [0.5, 0.6) is 0 Å². The molecule has 3 nitrogen and oxygen atoms in total. The van der Waals surface area contributed by atoms with Crippen LogP contribution in [0.2, 0.25) is 0 Å². The molecule has 1 N–H and O–H groups in total. The summed E-state index contributed by atoms with van der Waals surface area (Å²) >= 11 is 0. The van der Waals surface area contributed by atoms with Gasteiger partial charge in [-0.1, -0.05) is 26.2 Å². The SMILES string of the molecule is CCC1CCC(CNCCOC(C)C#N)CC1. The van der Waals surface area contributed by atoms with Crippen molar-refractivity contribution in [2.75, 3.05) is 19.7 Å². The van der Waals surface area contributed by atoms with Crippen molar-refractivity contribution >= 4 is 0 Å². The summed E-state index contributed by atoms with van der Waals surface area (Å²) in [6, 6.07) is 2.07. The van der Waals surface area contributed by atoms with Crippen molar-refractivity contribution in [2.24, 2.45) is 11.8 Å². The molecule has 1 rings (SSSR count). The molecule has 0 amide bonds. The van der Waals surface area contributed by atoms with Gasteiger partial charge in [0.1, 0.15) is 6.10 Å². The van der Waals surface area contributed by atoms with Gasteiger partial charge in [-0.25, -0.2) is 0 Å². The lowest BCUT2D eigenvalue weighted by molar-refractivity contribution is 0.103. The van der Waals surface area contributed by atoms with Crippen LogP contribution in [0.1, 0.15) is 46.0 Å². The maximum absolute atomic E-state index is 8.55. The molecule has 0 aromatic heterocycles. The average molecular weight is 238 g/mol. The van der Waals surface area contributed by atoms with Crippen LogP contribution in [0.25, 0.3) is 0 Å². The van der Waals surface area contributed by atoms with Crippen LogP contribution in [0.4, 0.5) is 0 Å². The van der Waals surface area contributed by atoms with E-state index in [1.165, 1.54) is 32.1 Å². The van der Waals surface area contributed by atoms with Crippen molar-refractivity contribution in [2.45, 2.75) is 52.1 Å². The predicted molar refractivity (Wildman–Crippen MR) is 69.6 cm³/mol. The van der Waals surface area contributed by atoms with E-state index in [-0.39, 0.29) is 6.10 Å². The molecule has 1 saturated carbocycles. The Bertz CT molecular complexity index is 229. The second kappa shape index (κ2) is 8.49. The number of hydrogen-bond donors (Lipinski definition) is 1. The van der Waals surface area contributed by atoms with Gasteiger partial charge in [-0.05, 0) is 38.1 Å². The predicted octanol–water partition coefficient (Wildman–Crippen LogP) is 2.72. The lowest BCUT2D eigenvalue weighted by atomic mass is 9.81. The van der Waals surface area contributed by atoms with E-state index in [0.29, 0.717) is 6.61 Å². The fourth-order valence-electron chi connectivity index (χ4n) is 2.50. The van der Waals surface area contributed by atoms with E-state index in [1.54, 1.807) is 6.92 Å². The van der Waals surface area contributed by atoms with Crippen molar-refractivity contribution in [1.82, 2.24) is 5.32 Å². The first-order valence-corrected chi connectivity index (χ1v) is 6.98. The highest BCUT2D eigenvalue weighted by Gasteiger charge is 2.19. The van der Waals surface area contributed by atoms with Gasteiger partial charge in [0.2, 0.25) is 0 Å². The Balaban J connectivity index is 1.95. The van der Waals surface area contributed by atoms with Gasteiger partial charge in [-0.15, -0.1) is 0 Å². The summed E-state index contributed by atoms with van der Waals surface area (Å²) in [7, 11) is 0. The number of rotatable bonds is 7. The molecular formula is C14H26N2O. The first kappa shape index (κ1) is 14.5. The molecule has 1 aliphatic carbocycles. The van der Waals surface area contributed by atoms with Crippen LogP contribution in [0.3, 0.4) is 0 Å². The molecule has 3 heteroatoms. The third-order valence-corrected chi connectivity index (χ3v) is 3.81. The first-order valence-electron chi connectivity index (χ1n) is 6.98. The molecule has 98 valence electrons. The summed E-state index contributed by atoms with van der Waals surface area (Å²) < 4.78 is 5.29. The zero-order valence-corrected chi connectivity index (χ0v) is 11.2. The number of hydrogen-bond acceptors (Lipinski definition) is 3. The largest absolute Gasteiger partial charge is 0.362 e. The Morgan fingerprint density at radius 3 is 2.53 bits per heavy atom. The van der Waals surface area contributed by atoms with Gasteiger partial charge in [0.05, 0.1) is 12.7 Å². The van der Waals surface area contributed by atoms with E-state index in [0.717, 1.165) is 24.9 Å². The van der Waals surface area contributed by atoms with E-state index >= 15 is 0 Å². The van der Waals surface area contributed by atoms with Crippen molar-refractivity contribution in [1.29, 1.82) is 5.26 Å². The van der Waals surface area contributed by atoms with E-state index in [9.17, 15) is 0 Å². The van der Waals surface area contributed by atoms with Crippen LogP contribution in [-0.2, 0) is 4.74 Å². The molecule has 0 bridgehead atoms. The third kappa shape index (κ3) is 6.05. The van der Waals surface area contributed by atoms with Crippen LogP contribution < -0.4 is 5.32 Å². The quantitative estimate of drug-likeness (QED) is 0.694. The van der Waals surface area contributed by atoms with Crippen LogP contribution in [0.15, 0.2) is 0 Å². The smallest absolute Gasteiger partial charge is 0.141 e. The minimum Gasteiger partial charge on any atom is -0.362 e. The summed E-state index contributed by atoms with van der Waals surface area (Å²) in [5, 5.41) is 12.0. The van der Waals surface area contributed by atoms with Crippen molar-refractivity contribution < 1.29 is 4.74 Å². The number of nitriles is 1. The average Bonchev–Trinajstić information content (AvgIpc) is 2.38. The molecule has 1 unspecified atom stereocenters. The van der Waals surface area contributed by atoms with Gasteiger partial charge in [-0.2, -0.15) is 5.26 Å². The van der Waals surface area contributed by atoms with E-state index < -0.39 is 0 Å². The van der Waals surface area contributed by atoms with Gasteiger partial charge < -0.3 is 10.1 Å². The summed E-state index contributed by atoms with van der Waals surface area (Å²) in [5.74, 6) is 1.83. The minimum atomic E-state index is -0.281. The van der Waals surface area contributed by atoms with Crippen molar-refractivity contribution in [3.05, 3.63) is 0 Å². The maximum atomic E-state index is 8.55. The van der Waals surface area contributed by atoms with E-state index in [4.69, 9.17) is 10.00 Å². The van der Waals surface area contributed by atoms with Gasteiger partial charge >= 0.3 is 0 Å². The Kier molecular flexibility index (Phi) is 7.23. The molecule has 0 aliphatic heterocycles. The molecule has 1 fully saturated rings. The van der Waals surface area contributed by atoms with Gasteiger partial charge in [0, 0.05) is 6.54 Å². The monoisotopic (exact) mass is 238 g/mol. The topological polar surface area (TPSA) is 45.0 Å². The van der Waals surface area contributed by atoms with E-state index in [2.05, 4.69) is 18.3 Å². The number of nitrogens with zero attached hydrogens (tertiary/aromatic N) is 1. The van der Waals surface area contributed by atoms with E-state index in [1.807, 2.05) is 0 Å². The van der Waals surface area contributed by atoms with Gasteiger partial charge in [-0.3, -0.25) is 0 Å². The Morgan fingerprint density at radius 1 is 1.29 bits per heavy atom. The molecule has 0 aromatic rings. The summed E-state index contributed by atoms with van der Waals surface area (Å²) in [6.45, 7) is 6.70. The normalized spacial score (nSPS) is 26.4. The minimum absolute atomic E-state index is 0.281. The third-order valence-electron chi connectivity index (χ3n) is 3.81. The summed E-state index contributed by atoms with van der Waals surface area (Å²) in [6.07, 6.45) is 6.63. The zero-order chi connectivity index (χ0) is 12.5. The molecule has 1 aliphatic rings. The number of nitrogens with one attached hydrogen (secondary N) is 1. The molecule has 0 heterocycles. The lowest BCUT2D eigenvalue weighted by Crippen LogP contribution is -2.29. The fraction of sp³-hybridized carbons (Fsp3) is 0.929. The fourth-order valence-corrected chi connectivity index (χ4v) is 2.50.